The maximum atomic E-state index is 9.46. The van der Waals surface area contributed by atoms with E-state index in [4.69, 9.17) is 0 Å². The largest absolute Gasteiger partial charge is 0.355 e. The molecule has 114 valence electrons. The van der Waals surface area contributed by atoms with Gasteiger partial charge in [0.1, 0.15) is 11.9 Å². The topological polar surface area (TPSA) is 39.9 Å². The van der Waals surface area contributed by atoms with E-state index in [1.54, 1.807) is 0 Å². The highest BCUT2D eigenvalue weighted by Gasteiger charge is 2.28. The summed E-state index contributed by atoms with van der Waals surface area (Å²) in [5.41, 5.74) is 3.15. The van der Waals surface area contributed by atoms with Crippen LogP contribution in [-0.2, 0) is 0 Å². The van der Waals surface area contributed by atoms with Gasteiger partial charge in [0.15, 0.2) is 0 Å². The third kappa shape index (κ3) is 3.56. The average molecular weight is 285 g/mol. The van der Waals surface area contributed by atoms with Crippen molar-refractivity contribution in [2.75, 3.05) is 18.0 Å². The first-order chi connectivity index (χ1) is 9.82. The number of hydrogen-bond acceptors (Lipinski definition) is 3. The second-order valence-corrected chi connectivity index (χ2v) is 7.37. The van der Waals surface area contributed by atoms with Crippen LogP contribution in [0.15, 0.2) is 6.07 Å². The van der Waals surface area contributed by atoms with Crippen molar-refractivity contribution >= 4 is 5.82 Å². The van der Waals surface area contributed by atoms with E-state index in [0.717, 1.165) is 41.6 Å². The molecule has 0 spiro atoms. The van der Waals surface area contributed by atoms with Gasteiger partial charge in [0, 0.05) is 18.8 Å². The maximum absolute atomic E-state index is 9.46. The van der Waals surface area contributed by atoms with Gasteiger partial charge in [-0.1, -0.05) is 20.8 Å². The van der Waals surface area contributed by atoms with Crippen molar-refractivity contribution in [3.63, 3.8) is 0 Å². The third-order valence-electron chi connectivity index (χ3n) is 4.69. The number of nitrogens with zero attached hydrogens (tertiary/aromatic N) is 3. The van der Waals surface area contributed by atoms with E-state index in [0.29, 0.717) is 5.41 Å². The summed E-state index contributed by atoms with van der Waals surface area (Å²) in [6, 6.07) is 4.34. The van der Waals surface area contributed by atoms with Gasteiger partial charge in [-0.15, -0.1) is 0 Å². The predicted octanol–water partition coefficient (Wildman–Crippen LogP) is 4.22. The maximum Gasteiger partial charge on any atom is 0.147 e. The molecule has 0 radical (unpaired) electrons. The molecule has 1 aromatic rings. The Bertz CT molecular complexity index is 549. The van der Waals surface area contributed by atoms with Crippen molar-refractivity contribution in [3.05, 3.63) is 22.9 Å². The quantitative estimate of drug-likeness (QED) is 0.775. The Kier molecular flexibility index (Phi) is 4.56. The van der Waals surface area contributed by atoms with Gasteiger partial charge in [-0.3, -0.25) is 0 Å². The van der Waals surface area contributed by atoms with Crippen LogP contribution in [-0.4, -0.2) is 18.1 Å². The van der Waals surface area contributed by atoms with Crippen molar-refractivity contribution in [1.82, 2.24) is 4.98 Å². The number of anilines is 1. The predicted molar refractivity (Wildman–Crippen MR) is 87.4 cm³/mol. The Morgan fingerprint density at radius 3 is 2.57 bits per heavy atom. The second-order valence-electron chi connectivity index (χ2n) is 7.37. The number of nitriles is 1. The van der Waals surface area contributed by atoms with Gasteiger partial charge in [0.25, 0.3) is 0 Å². The zero-order valence-corrected chi connectivity index (χ0v) is 14.0. The van der Waals surface area contributed by atoms with Crippen LogP contribution in [0.25, 0.3) is 0 Å². The van der Waals surface area contributed by atoms with Crippen LogP contribution >= 0.6 is 0 Å². The molecule has 1 aromatic heterocycles. The van der Waals surface area contributed by atoms with Crippen LogP contribution < -0.4 is 4.90 Å². The van der Waals surface area contributed by atoms with Gasteiger partial charge in [0.05, 0.1) is 5.56 Å². The van der Waals surface area contributed by atoms with Crippen LogP contribution in [0, 0.1) is 36.5 Å². The molecule has 0 N–H and O–H groups in total. The molecule has 3 nitrogen and oxygen atoms in total. The normalized spacial score (nSPS) is 20.0. The molecule has 3 heteroatoms. The Balaban J connectivity index is 2.26. The van der Waals surface area contributed by atoms with Crippen LogP contribution in [0.5, 0.6) is 0 Å². The lowest BCUT2D eigenvalue weighted by molar-refractivity contribution is 0.220. The monoisotopic (exact) mass is 285 g/mol. The van der Waals surface area contributed by atoms with E-state index in [1.165, 1.54) is 19.3 Å². The van der Waals surface area contributed by atoms with Crippen molar-refractivity contribution in [3.8, 4) is 6.07 Å². The molecule has 1 unspecified atom stereocenters. The average Bonchev–Trinajstić information content (AvgIpc) is 2.63. The Morgan fingerprint density at radius 2 is 1.95 bits per heavy atom. The molecule has 21 heavy (non-hydrogen) atoms. The van der Waals surface area contributed by atoms with Crippen LogP contribution in [0.4, 0.5) is 5.82 Å². The zero-order chi connectivity index (χ0) is 15.6. The Hall–Kier alpha value is -1.56. The summed E-state index contributed by atoms with van der Waals surface area (Å²) in [6.45, 7) is 13.0. The number of pyridine rings is 1. The van der Waals surface area contributed by atoms with E-state index < -0.39 is 0 Å². The van der Waals surface area contributed by atoms with Gasteiger partial charge >= 0.3 is 0 Å². The summed E-state index contributed by atoms with van der Waals surface area (Å²) >= 11 is 0. The summed E-state index contributed by atoms with van der Waals surface area (Å²) in [4.78, 5) is 6.98. The van der Waals surface area contributed by atoms with E-state index in [2.05, 4.69) is 36.7 Å². The minimum Gasteiger partial charge on any atom is -0.355 e. The standard InChI is InChI=1S/C18H27N3/c1-13-11-14(2)20-17(16(13)12-19)21-9-6-7-15(8-10-21)18(3,4)5/h11,15H,6-10H2,1-5H3. The van der Waals surface area contributed by atoms with Gasteiger partial charge in [-0.05, 0) is 56.1 Å². The highest BCUT2D eigenvalue weighted by atomic mass is 15.2. The molecule has 0 aromatic carbocycles. The molecular weight excluding hydrogens is 258 g/mol. The number of rotatable bonds is 1. The summed E-state index contributed by atoms with van der Waals surface area (Å²) in [6.07, 6.45) is 3.64. The summed E-state index contributed by atoms with van der Waals surface area (Å²) < 4.78 is 0. The molecule has 0 saturated carbocycles. The van der Waals surface area contributed by atoms with Crippen molar-refractivity contribution < 1.29 is 0 Å². The molecule has 2 heterocycles. The van der Waals surface area contributed by atoms with Gasteiger partial charge in [0.2, 0.25) is 0 Å². The fraction of sp³-hybridized carbons (Fsp3) is 0.667. The zero-order valence-electron chi connectivity index (χ0n) is 14.0. The minimum absolute atomic E-state index is 0.365. The third-order valence-corrected chi connectivity index (χ3v) is 4.69. The molecule has 1 atom stereocenters. The molecule has 0 bridgehead atoms. The van der Waals surface area contributed by atoms with E-state index >= 15 is 0 Å². The summed E-state index contributed by atoms with van der Waals surface area (Å²) in [5, 5.41) is 9.46. The Morgan fingerprint density at radius 1 is 1.24 bits per heavy atom. The van der Waals surface area contributed by atoms with E-state index in [9.17, 15) is 5.26 Å². The lowest BCUT2D eigenvalue weighted by atomic mass is 9.77. The SMILES string of the molecule is Cc1cc(C)c(C#N)c(N2CCCC(C(C)(C)C)CC2)n1. The minimum atomic E-state index is 0.365. The summed E-state index contributed by atoms with van der Waals surface area (Å²) in [7, 11) is 0. The van der Waals surface area contributed by atoms with Gasteiger partial charge in [-0.25, -0.2) is 4.98 Å². The lowest BCUT2D eigenvalue weighted by Crippen LogP contribution is -2.28. The highest BCUT2D eigenvalue weighted by molar-refractivity contribution is 5.58. The molecule has 1 fully saturated rings. The van der Waals surface area contributed by atoms with Crippen molar-refractivity contribution in [1.29, 1.82) is 5.26 Å². The lowest BCUT2D eigenvalue weighted by Gasteiger charge is -2.30. The number of hydrogen-bond donors (Lipinski definition) is 0. The first-order valence-electron chi connectivity index (χ1n) is 7.96. The molecular formula is C18H27N3. The number of aryl methyl sites for hydroxylation is 2. The fourth-order valence-electron chi connectivity index (χ4n) is 3.36. The smallest absolute Gasteiger partial charge is 0.147 e. The molecule has 0 amide bonds. The van der Waals surface area contributed by atoms with Crippen LogP contribution in [0.3, 0.4) is 0 Å². The van der Waals surface area contributed by atoms with E-state index in [1.807, 2.05) is 19.9 Å². The summed E-state index contributed by atoms with van der Waals surface area (Å²) in [5.74, 6) is 1.64. The Labute approximate surface area is 129 Å². The first-order valence-corrected chi connectivity index (χ1v) is 7.96. The molecule has 1 aliphatic heterocycles. The van der Waals surface area contributed by atoms with Crippen LogP contribution in [0.1, 0.15) is 56.9 Å². The molecule has 0 aliphatic carbocycles. The van der Waals surface area contributed by atoms with Crippen LogP contribution in [0.2, 0.25) is 0 Å². The van der Waals surface area contributed by atoms with Gasteiger partial charge in [-0.2, -0.15) is 5.26 Å². The molecule has 2 rings (SSSR count). The molecule has 1 aliphatic rings. The first kappa shape index (κ1) is 15.8. The van der Waals surface area contributed by atoms with Crippen molar-refractivity contribution in [2.24, 2.45) is 11.3 Å². The second kappa shape index (κ2) is 6.05. The highest BCUT2D eigenvalue weighted by Crippen LogP contribution is 2.35. The molecule has 1 saturated heterocycles. The van der Waals surface area contributed by atoms with Crippen molar-refractivity contribution in [2.45, 2.75) is 53.9 Å². The van der Waals surface area contributed by atoms with Gasteiger partial charge < -0.3 is 4.90 Å². The van der Waals surface area contributed by atoms with E-state index in [-0.39, 0.29) is 0 Å². The number of aromatic nitrogens is 1. The fourth-order valence-corrected chi connectivity index (χ4v) is 3.36.